The van der Waals surface area contributed by atoms with E-state index in [1.807, 2.05) is 12.2 Å². The van der Waals surface area contributed by atoms with Gasteiger partial charge in [-0.3, -0.25) is 0 Å². The molecule has 0 aliphatic heterocycles. The number of aldehydes is 1. The van der Waals surface area contributed by atoms with Crippen molar-refractivity contribution in [1.29, 1.82) is 0 Å². The Bertz CT molecular complexity index is 439. The largest absolute Gasteiger partial charge is 0.303 e. The van der Waals surface area contributed by atoms with Gasteiger partial charge in [0.05, 0.1) is 0 Å². The first-order chi connectivity index (χ1) is 7.56. The molecule has 0 bridgehead atoms. The quantitative estimate of drug-likeness (QED) is 0.551. The summed E-state index contributed by atoms with van der Waals surface area (Å²) in [6, 6.07) is 4.24. The average molecular weight is 214 g/mol. The molecule has 0 aliphatic carbocycles. The van der Waals surface area contributed by atoms with Crippen LogP contribution < -0.4 is 0 Å². The van der Waals surface area contributed by atoms with E-state index in [2.05, 4.69) is 39.5 Å². The molecular weight excluding hydrogens is 196 g/mol. The van der Waals surface area contributed by atoms with Gasteiger partial charge in [0.15, 0.2) is 0 Å². The number of hydrogen-bond acceptors (Lipinski definition) is 1. The number of aryl methyl sites for hydroxylation is 2. The Morgan fingerprint density at radius 2 is 1.88 bits per heavy atom. The Kier molecular flexibility index (Phi) is 4.24. The van der Waals surface area contributed by atoms with Crippen LogP contribution in [0, 0.1) is 20.8 Å². The summed E-state index contributed by atoms with van der Waals surface area (Å²) in [6.45, 7) is 10.1. The molecule has 0 fully saturated rings. The van der Waals surface area contributed by atoms with Crippen molar-refractivity contribution >= 4 is 12.4 Å². The van der Waals surface area contributed by atoms with Gasteiger partial charge in [0.25, 0.3) is 0 Å². The maximum Gasteiger partial charge on any atom is 0.124 e. The van der Waals surface area contributed by atoms with Gasteiger partial charge in [0.2, 0.25) is 0 Å². The van der Waals surface area contributed by atoms with E-state index in [1.54, 1.807) is 0 Å². The van der Waals surface area contributed by atoms with Crippen LogP contribution in [0.2, 0.25) is 0 Å². The monoisotopic (exact) mass is 214 g/mol. The molecule has 1 rings (SSSR count). The molecule has 0 aliphatic rings. The van der Waals surface area contributed by atoms with Gasteiger partial charge < -0.3 is 4.79 Å². The van der Waals surface area contributed by atoms with Crippen molar-refractivity contribution in [3.8, 4) is 0 Å². The Balaban J connectivity index is 3.01. The maximum absolute atomic E-state index is 10.3. The van der Waals surface area contributed by atoms with E-state index in [0.717, 1.165) is 11.9 Å². The van der Waals surface area contributed by atoms with Crippen molar-refractivity contribution in [3.05, 3.63) is 52.6 Å². The third-order valence-corrected chi connectivity index (χ3v) is 2.83. The normalized spacial score (nSPS) is 10.7. The fourth-order valence-electron chi connectivity index (χ4n) is 1.61. The van der Waals surface area contributed by atoms with Gasteiger partial charge in [-0.05, 0) is 48.6 Å². The molecule has 0 N–H and O–H groups in total. The minimum Gasteiger partial charge on any atom is -0.303 e. The molecule has 0 heterocycles. The van der Waals surface area contributed by atoms with Crippen LogP contribution in [0.15, 0.2) is 30.4 Å². The Morgan fingerprint density at radius 1 is 1.25 bits per heavy atom. The van der Waals surface area contributed by atoms with Gasteiger partial charge in [-0.15, -0.1) is 0 Å². The van der Waals surface area contributed by atoms with E-state index in [0.29, 0.717) is 6.42 Å². The maximum atomic E-state index is 10.3. The first-order valence-electron chi connectivity index (χ1n) is 5.42. The van der Waals surface area contributed by atoms with Crippen molar-refractivity contribution in [3.63, 3.8) is 0 Å². The molecular formula is C15H18O. The molecule has 0 amide bonds. The molecule has 0 unspecified atom stereocenters. The third-order valence-electron chi connectivity index (χ3n) is 2.83. The van der Waals surface area contributed by atoms with Crippen LogP contribution in [-0.4, -0.2) is 6.29 Å². The third kappa shape index (κ3) is 2.93. The molecule has 1 heteroatoms. The minimum atomic E-state index is 0.403. The van der Waals surface area contributed by atoms with E-state index in [-0.39, 0.29) is 0 Å². The SMILES string of the molecule is C=C(/C=C/c1c(C)ccc(C)c1C)CC=O. The van der Waals surface area contributed by atoms with Gasteiger partial charge in [-0.2, -0.15) is 0 Å². The molecule has 0 saturated heterocycles. The molecule has 84 valence electrons. The van der Waals surface area contributed by atoms with Crippen molar-refractivity contribution < 1.29 is 4.79 Å². The topological polar surface area (TPSA) is 17.1 Å². The molecule has 1 aromatic rings. The first-order valence-corrected chi connectivity index (χ1v) is 5.42. The zero-order valence-electron chi connectivity index (χ0n) is 10.2. The van der Waals surface area contributed by atoms with E-state index in [9.17, 15) is 4.79 Å². The Hall–Kier alpha value is -1.63. The van der Waals surface area contributed by atoms with Crippen molar-refractivity contribution in [2.45, 2.75) is 27.2 Å². The summed E-state index contributed by atoms with van der Waals surface area (Å²) in [5, 5.41) is 0. The van der Waals surface area contributed by atoms with Crippen LogP contribution in [-0.2, 0) is 4.79 Å². The lowest BCUT2D eigenvalue weighted by molar-refractivity contribution is -0.107. The van der Waals surface area contributed by atoms with Gasteiger partial charge in [-0.25, -0.2) is 0 Å². The van der Waals surface area contributed by atoms with Crippen molar-refractivity contribution in [2.24, 2.45) is 0 Å². The molecule has 0 atom stereocenters. The summed E-state index contributed by atoms with van der Waals surface area (Å²) in [6.07, 6.45) is 5.25. The number of carbonyl (C=O) groups excluding carboxylic acids is 1. The highest BCUT2D eigenvalue weighted by Gasteiger charge is 2.01. The summed E-state index contributed by atoms with van der Waals surface area (Å²) < 4.78 is 0. The van der Waals surface area contributed by atoms with Gasteiger partial charge in [-0.1, -0.05) is 30.9 Å². The number of carbonyl (C=O) groups is 1. The van der Waals surface area contributed by atoms with Gasteiger partial charge >= 0.3 is 0 Å². The van der Waals surface area contributed by atoms with Crippen LogP contribution in [0.25, 0.3) is 6.08 Å². The lowest BCUT2D eigenvalue weighted by atomic mass is 9.97. The molecule has 1 nitrogen and oxygen atoms in total. The van der Waals surface area contributed by atoms with E-state index in [1.165, 1.54) is 22.3 Å². The standard InChI is InChI=1S/C15H18O/c1-11(9-10-16)5-8-15-13(3)7-6-12(2)14(15)4/h5-8,10H,1,9H2,2-4H3/b8-5+. The van der Waals surface area contributed by atoms with Crippen molar-refractivity contribution in [2.75, 3.05) is 0 Å². The van der Waals surface area contributed by atoms with Crippen LogP contribution in [0.5, 0.6) is 0 Å². The van der Waals surface area contributed by atoms with Crippen LogP contribution in [0.1, 0.15) is 28.7 Å². The summed E-state index contributed by atoms with van der Waals surface area (Å²) in [7, 11) is 0. The number of hydrogen-bond donors (Lipinski definition) is 0. The highest BCUT2D eigenvalue weighted by molar-refractivity contribution is 5.63. The molecule has 0 spiro atoms. The average Bonchev–Trinajstić information content (AvgIpc) is 2.24. The lowest BCUT2D eigenvalue weighted by Gasteiger charge is -2.08. The zero-order valence-corrected chi connectivity index (χ0v) is 10.2. The summed E-state index contributed by atoms with van der Waals surface area (Å²) in [5.74, 6) is 0. The van der Waals surface area contributed by atoms with Gasteiger partial charge in [0, 0.05) is 6.42 Å². The Labute approximate surface area is 97.5 Å². The fraction of sp³-hybridized carbons (Fsp3) is 0.267. The summed E-state index contributed by atoms with van der Waals surface area (Å²) in [5.41, 5.74) is 5.89. The van der Waals surface area contributed by atoms with E-state index >= 15 is 0 Å². The predicted molar refractivity (Wildman–Crippen MR) is 69.5 cm³/mol. The molecule has 16 heavy (non-hydrogen) atoms. The highest BCUT2D eigenvalue weighted by atomic mass is 16.1. The first kappa shape index (κ1) is 12.4. The van der Waals surface area contributed by atoms with Gasteiger partial charge in [0.1, 0.15) is 6.29 Å². The van der Waals surface area contributed by atoms with E-state index < -0.39 is 0 Å². The molecule has 0 saturated carbocycles. The summed E-state index contributed by atoms with van der Waals surface area (Å²) in [4.78, 5) is 10.3. The predicted octanol–water partition coefficient (Wildman–Crippen LogP) is 3.77. The zero-order chi connectivity index (χ0) is 12.1. The van der Waals surface area contributed by atoms with Crippen LogP contribution >= 0.6 is 0 Å². The second kappa shape index (κ2) is 5.45. The molecule has 0 radical (unpaired) electrons. The minimum absolute atomic E-state index is 0.403. The van der Waals surface area contributed by atoms with Crippen molar-refractivity contribution in [1.82, 2.24) is 0 Å². The summed E-state index contributed by atoms with van der Waals surface area (Å²) >= 11 is 0. The van der Waals surface area contributed by atoms with Crippen LogP contribution in [0.3, 0.4) is 0 Å². The second-order valence-electron chi connectivity index (χ2n) is 4.10. The lowest BCUT2D eigenvalue weighted by Crippen LogP contribution is -1.90. The fourth-order valence-corrected chi connectivity index (χ4v) is 1.61. The number of rotatable bonds is 4. The Morgan fingerprint density at radius 3 is 2.50 bits per heavy atom. The smallest absolute Gasteiger partial charge is 0.124 e. The molecule has 1 aromatic carbocycles. The van der Waals surface area contributed by atoms with Crippen LogP contribution in [0.4, 0.5) is 0 Å². The van der Waals surface area contributed by atoms with E-state index in [4.69, 9.17) is 0 Å². The number of allylic oxidation sites excluding steroid dienone is 2. The number of benzene rings is 1. The highest BCUT2D eigenvalue weighted by Crippen LogP contribution is 2.19. The molecule has 0 aromatic heterocycles. The second-order valence-corrected chi connectivity index (χ2v) is 4.10.